The molecule has 2 aromatic carbocycles. The first-order chi connectivity index (χ1) is 13.9. The Morgan fingerprint density at radius 2 is 1.76 bits per heavy atom. The maximum absolute atomic E-state index is 12.4. The highest BCUT2D eigenvalue weighted by Gasteiger charge is 2.15. The quantitative estimate of drug-likeness (QED) is 0.498. The van der Waals surface area contributed by atoms with Crippen LogP contribution in [0.4, 0.5) is 5.13 Å². The SMILES string of the molecule is COc1ccc(-c2csc(NC(=S)NC(=O)c3cc(Cl)c(OC)c(Cl)c3)n2)cc1. The Balaban J connectivity index is 1.65. The maximum Gasteiger partial charge on any atom is 0.257 e. The van der Waals surface area contributed by atoms with Gasteiger partial charge in [0.05, 0.1) is 30.0 Å². The van der Waals surface area contributed by atoms with Gasteiger partial charge in [-0.25, -0.2) is 4.98 Å². The molecule has 6 nitrogen and oxygen atoms in total. The Bertz CT molecular complexity index is 1030. The summed E-state index contributed by atoms with van der Waals surface area (Å²) in [7, 11) is 3.06. The van der Waals surface area contributed by atoms with E-state index in [4.69, 9.17) is 44.9 Å². The van der Waals surface area contributed by atoms with Crippen LogP contribution in [0.25, 0.3) is 11.3 Å². The van der Waals surface area contributed by atoms with Gasteiger partial charge < -0.3 is 14.8 Å². The molecule has 0 aliphatic heterocycles. The number of anilines is 1. The first-order valence-corrected chi connectivity index (χ1v) is 10.2. The van der Waals surface area contributed by atoms with Crippen LogP contribution in [-0.4, -0.2) is 30.2 Å². The number of hydrogen-bond donors (Lipinski definition) is 2. The van der Waals surface area contributed by atoms with Crippen molar-refractivity contribution in [3.63, 3.8) is 0 Å². The summed E-state index contributed by atoms with van der Waals surface area (Å²) in [5.74, 6) is 0.616. The number of methoxy groups -OCH3 is 2. The third-order valence-corrected chi connectivity index (χ3v) is 5.33. The average molecular weight is 468 g/mol. The zero-order valence-corrected chi connectivity index (χ0v) is 18.4. The molecule has 0 spiro atoms. The molecule has 3 aromatic rings. The fourth-order valence-corrected chi connectivity index (χ4v) is 4.03. The Morgan fingerprint density at radius 1 is 1.10 bits per heavy atom. The van der Waals surface area contributed by atoms with E-state index in [-0.39, 0.29) is 20.7 Å². The summed E-state index contributed by atoms with van der Waals surface area (Å²) in [6.07, 6.45) is 0. The number of aromatic nitrogens is 1. The van der Waals surface area contributed by atoms with Crippen LogP contribution in [0, 0.1) is 0 Å². The number of nitrogens with zero attached hydrogens (tertiary/aromatic N) is 1. The topological polar surface area (TPSA) is 72.5 Å². The predicted molar refractivity (Wildman–Crippen MR) is 121 cm³/mol. The second-order valence-electron chi connectivity index (χ2n) is 5.65. The smallest absolute Gasteiger partial charge is 0.257 e. The molecule has 29 heavy (non-hydrogen) atoms. The van der Waals surface area contributed by atoms with E-state index in [0.717, 1.165) is 17.0 Å². The minimum absolute atomic E-state index is 0.105. The van der Waals surface area contributed by atoms with Crippen molar-refractivity contribution < 1.29 is 14.3 Å². The molecule has 0 saturated carbocycles. The largest absolute Gasteiger partial charge is 0.497 e. The number of ether oxygens (including phenoxy) is 2. The number of amides is 1. The van der Waals surface area contributed by atoms with Crippen molar-refractivity contribution in [2.24, 2.45) is 0 Å². The standard InChI is InChI=1S/C19H15Cl2N3O3S2/c1-26-12-5-3-10(4-6-12)15-9-29-19(22-15)24-18(28)23-17(25)11-7-13(20)16(27-2)14(21)8-11/h3-9H,1-2H3,(H2,22,23,24,25,28). The average Bonchev–Trinajstić information content (AvgIpc) is 3.16. The summed E-state index contributed by atoms with van der Waals surface area (Å²) in [5.41, 5.74) is 1.97. The highest BCUT2D eigenvalue weighted by molar-refractivity contribution is 7.80. The van der Waals surface area contributed by atoms with E-state index >= 15 is 0 Å². The van der Waals surface area contributed by atoms with Crippen molar-refractivity contribution in [3.05, 3.63) is 57.4 Å². The summed E-state index contributed by atoms with van der Waals surface area (Å²) >= 11 is 18.7. The van der Waals surface area contributed by atoms with E-state index in [2.05, 4.69) is 15.6 Å². The number of nitrogens with one attached hydrogen (secondary N) is 2. The van der Waals surface area contributed by atoms with Gasteiger partial charge in [-0.15, -0.1) is 11.3 Å². The van der Waals surface area contributed by atoms with E-state index in [9.17, 15) is 4.79 Å². The van der Waals surface area contributed by atoms with Crippen molar-refractivity contribution in [3.8, 4) is 22.8 Å². The van der Waals surface area contributed by atoms with Crippen LogP contribution in [0.1, 0.15) is 10.4 Å². The molecule has 0 fully saturated rings. The summed E-state index contributed by atoms with van der Waals surface area (Å²) < 4.78 is 10.2. The van der Waals surface area contributed by atoms with Crippen LogP contribution in [0.15, 0.2) is 41.8 Å². The highest BCUT2D eigenvalue weighted by Crippen LogP contribution is 2.33. The first-order valence-electron chi connectivity index (χ1n) is 8.16. The molecule has 0 aliphatic rings. The molecule has 0 saturated heterocycles. The molecule has 10 heteroatoms. The number of hydrogen-bond acceptors (Lipinski definition) is 6. The Hall–Kier alpha value is -2.39. The zero-order chi connectivity index (χ0) is 21.0. The second-order valence-corrected chi connectivity index (χ2v) is 7.73. The lowest BCUT2D eigenvalue weighted by Gasteiger charge is -2.10. The normalized spacial score (nSPS) is 10.3. The van der Waals surface area contributed by atoms with Crippen molar-refractivity contribution in [2.45, 2.75) is 0 Å². The molecule has 1 aromatic heterocycles. The lowest BCUT2D eigenvalue weighted by atomic mass is 10.2. The number of thiocarbonyl (C=S) groups is 1. The van der Waals surface area contributed by atoms with Crippen LogP contribution in [0.3, 0.4) is 0 Å². The lowest BCUT2D eigenvalue weighted by Crippen LogP contribution is -2.34. The molecule has 0 radical (unpaired) electrons. The van der Waals surface area contributed by atoms with Crippen molar-refractivity contribution in [2.75, 3.05) is 19.5 Å². The second kappa shape index (κ2) is 9.41. The Morgan fingerprint density at radius 3 is 2.34 bits per heavy atom. The third-order valence-electron chi connectivity index (χ3n) is 3.80. The molecule has 2 N–H and O–H groups in total. The van der Waals surface area contributed by atoms with Crippen molar-refractivity contribution in [1.82, 2.24) is 10.3 Å². The number of carbonyl (C=O) groups excluding carboxylic acids is 1. The number of rotatable bonds is 5. The van der Waals surface area contributed by atoms with E-state index in [0.29, 0.717) is 10.9 Å². The molecule has 3 rings (SSSR count). The predicted octanol–water partition coefficient (Wildman–Crippen LogP) is 5.26. The monoisotopic (exact) mass is 467 g/mol. The van der Waals surface area contributed by atoms with Gasteiger partial charge in [-0.05, 0) is 48.6 Å². The molecule has 1 amide bonds. The molecule has 1 heterocycles. The number of thiazole rings is 1. The van der Waals surface area contributed by atoms with E-state index in [1.807, 2.05) is 29.6 Å². The van der Waals surface area contributed by atoms with E-state index in [1.54, 1.807) is 7.11 Å². The molecule has 0 unspecified atom stereocenters. The van der Waals surface area contributed by atoms with Gasteiger partial charge in [0.15, 0.2) is 16.0 Å². The minimum Gasteiger partial charge on any atom is -0.497 e. The minimum atomic E-state index is -0.458. The molecule has 150 valence electrons. The Kier molecular flexibility index (Phi) is 6.92. The van der Waals surface area contributed by atoms with Gasteiger partial charge in [-0.3, -0.25) is 10.1 Å². The van der Waals surface area contributed by atoms with E-state index in [1.165, 1.54) is 30.6 Å². The van der Waals surface area contributed by atoms with Crippen molar-refractivity contribution in [1.29, 1.82) is 0 Å². The van der Waals surface area contributed by atoms with Gasteiger partial charge in [-0.2, -0.15) is 0 Å². The van der Waals surface area contributed by atoms with Crippen LogP contribution < -0.4 is 20.1 Å². The van der Waals surface area contributed by atoms with Gasteiger partial charge in [-0.1, -0.05) is 23.2 Å². The van der Waals surface area contributed by atoms with Crippen molar-refractivity contribution >= 4 is 62.9 Å². The van der Waals surface area contributed by atoms with Crippen LogP contribution >= 0.6 is 46.8 Å². The van der Waals surface area contributed by atoms with E-state index < -0.39 is 5.91 Å². The summed E-state index contributed by atoms with van der Waals surface area (Å²) in [6, 6.07) is 10.4. The van der Waals surface area contributed by atoms with Crippen LogP contribution in [-0.2, 0) is 0 Å². The van der Waals surface area contributed by atoms with Gasteiger partial charge in [0, 0.05) is 16.5 Å². The molecule has 0 atom stereocenters. The first kappa shape index (κ1) is 21.3. The maximum atomic E-state index is 12.4. The molecule has 0 bridgehead atoms. The molecule has 0 aliphatic carbocycles. The number of halogens is 2. The highest BCUT2D eigenvalue weighted by atomic mass is 35.5. The lowest BCUT2D eigenvalue weighted by molar-refractivity contribution is 0.0977. The summed E-state index contributed by atoms with van der Waals surface area (Å²) in [4.78, 5) is 16.9. The van der Waals surface area contributed by atoms with Gasteiger partial charge >= 0.3 is 0 Å². The fraction of sp³-hybridized carbons (Fsp3) is 0.105. The zero-order valence-electron chi connectivity index (χ0n) is 15.3. The third kappa shape index (κ3) is 5.16. The van der Waals surface area contributed by atoms with Gasteiger partial charge in [0.25, 0.3) is 5.91 Å². The number of carbonyl (C=O) groups is 1. The number of benzene rings is 2. The van der Waals surface area contributed by atoms with Gasteiger partial charge in [0.1, 0.15) is 5.75 Å². The molecular weight excluding hydrogens is 453 g/mol. The molecular formula is C19H15Cl2N3O3S2. The Labute approximate surface area is 186 Å². The van der Waals surface area contributed by atoms with Gasteiger partial charge in [0.2, 0.25) is 0 Å². The summed E-state index contributed by atoms with van der Waals surface area (Å²) in [5, 5.41) is 8.47. The van der Waals surface area contributed by atoms with Crippen LogP contribution in [0.5, 0.6) is 11.5 Å². The fourth-order valence-electron chi connectivity index (χ4n) is 2.42. The summed E-state index contributed by atoms with van der Waals surface area (Å²) in [6.45, 7) is 0. The van der Waals surface area contributed by atoms with Crippen LogP contribution in [0.2, 0.25) is 10.0 Å².